The van der Waals surface area contributed by atoms with E-state index >= 15 is 0 Å². The zero-order valence-electron chi connectivity index (χ0n) is 7.67. The Morgan fingerprint density at radius 2 is 2.07 bits per heavy atom. The van der Waals surface area contributed by atoms with Gasteiger partial charge in [0, 0.05) is 0 Å². The van der Waals surface area contributed by atoms with E-state index in [1.165, 1.54) is 6.07 Å². The van der Waals surface area contributed by atoms with Gasteiger partial charge >= 0.3 is 5.97 Å². The van der Waals surface area contributed by atoms with Gasteiger partial charge < -0.3 is 5.11 Å². The number of hydrogen-bond acceptors (Lipinski definition) is 3. The number of carboxylic acids is 1. The molecule has 0 bridgehead atoms. The van der Waals surface area contributed by atoms with Gasteiger partial charge in [0.1, 0.15) is 0 Å². The molecule has 0 amide bonds. The molecule has 1 heterocycles. The standard InChI is InChI=1S/C9H9NO4S/c11-9(12)5-7-6-3-1-2-4-8(6)15(13,14)10-7/h1-4,7,10H,5H2,(H,11,12). The highest BCUT2D eigenvalue weighted by atomic mass is 32.2. The van der Waals surface area contributed by atoms with Crippen LogP contribution in [-0.4, -0.2) is 19.5 Å². The Hall–Kier alpha value is -1.40. The van der Waals surface area contributed by atoms with Crippen molar-refractivity contribution < 1.29 is 18.3 Å². The predicted octanol–water partition coefficient (Wildman–Crippen LogP) is 0.494. The maximum atomic E-state index is 11.5. The number of carboxylic acid groups (broad SMARTS) is 1. The van der Waals surface area contributed by atoms with Gasteiger partial charge in [-0.2, -0.15) is 0 Å². The van der Waals surface area contributed by atoms with E-state index < -0.39 is 22.0 Å². The summed E-state index contributed by atoms with van der Waals surface area (Å²) in [7, 11) is -3.51. The van der Waals surface area contributed by atoms with Crippen LogP contribution in [0, 0.1) is 0 Å². The highest BCUT2D eigenvalue weighted by molar-refractivity contribution is 7.89. The smallest absolute Gasteiger partial charge is 0.305 e. The fraction of sp³-hybridized carbons (Fsp3) is 0.222. The molecule has 0 spiro atoms. The van der Waals surface area contributed by atoms with E-state index in [0.29, 0.717) is 5.56 Å². The molecule has 0 aromatic heterocycles. The maximum absolute atomic E-state index is 11.5. The molecule has 1 atom stereocenters. The van der Waals surface area contributed by atoms with Crippen LogP contribution in [-0.2, 0) is 14.8 Å². The molecule has 1 aromatic carbocycles. The van der Waals surface area contributed by atoms with Crippen LogP contribution in [0.15, 0.2) is 29.2 Å². The zero-order chi connectivity index (χ0) is 11.1. The van der Waals surface area contributed by atoms with Gasteiger partial charge in [-0.3, -0.25) is 4.79 Å². The van der Waals surface area contributed by atoms with E-state index in [0.717, 1.165) is 0 Å². The summed E-state index contributed by atoms with van der Waals surface area (Å²) in [6.07, 6.45) is -0.240. The summed E-state index contributed by atoms with van der Waals surface area (Å²) in [6.45, 7) is 0. The number of fused-ring (bicyclic) bond motifs is 1. The van der Waals surface area contributed by atoms with E-state index in [1.54, 1.807) is 18.2 Å². The summed E-state index contributed by atoms with van der Waals surface area (Å²) in [6, 6.07) is 5.75. The largest absolute Gasteiger partial charge is 0.481 e. The highest BCUT2D eigenvalue weighted by Gasteiger charge is 2.34. The third kappa shape index (κ3) is 1.73. The molecule has 2 N–H and O–H groups in total. The van der Waals surface area contributed by atoms with Gasteiger partial charge in [0.25, 0.3) is 0 Å². The van der Waals surface area contributed by atoms with Crippen molar-refractivity contribution >= 4 is 16.0 Å². The van der Waals surface area contributed by atoms with Crippen molar-refractivity contribution in [2.75, 3.05) is 0 Å². The van der Waals surface area contributed by atoms with Gasteiger partial charge in [0.15, 0.2) is 0 Å². The number of hydrogen-bond donors (Lipinski definition) is 2. The van der Waals surface area contributed by atoms with Crippen molar-refractivity contribution in [1.82, 2.24) is 4.72 Å². The molecule has 1 unspecified atom stereocenters. The second kappa shape index (κ2) is 3.32. The fourth-order valence-corrected chi connectivity index (χ4v) is 3.14. The lowest BCUT2D eigenvalue weighted by atomic mass is 10.1. The monoisotopic (exact) mass is 227 g/mol. The van der Waals surface area contributed by atoms with Crippen LogP contribution < -0.4 is 4.72 Å². The van der Waals surface area contributed by atoms with Crippen molar-refractivity contribution in [2.45, 2.75) is 17.4 Å². The Morgan fingerprint density at radius 1 is 1.40 bits per heavy atom. The summed E-state index contributed by atoms with van der Waals surface area (Å²) in [5.41, 5.74) is 0.528. The van der Waals surface area contributed by atoms with Crippen molar-refractivity contribution in [1.29, 1.82) is 0 Å². The van der Waals surface area contributed by atoms with E-state index in [-0.39, 0.29) is 11.3 Å². The van der Waals surface area contributed by atoms with Crippen LogP contribution >= 0.6 is 0 Å². The summed E-state index contributed by atoms with van der Waals surface area (Å²) in [5, 5.41) is 8.63. The van der Waals surface area contributed by atoms with Crippen molar-refractivity contribution in [2.24, 2.45) is 0 Å². The third-order valence-electron chi connectivity index (χ3n) is 2.26. The molecular formula is C9H9NO4S. The van der Waals surface area contributed by atoms with E-state index in [2.05, 4.69) is 4.72 Å². The summed E-state index contributed by atoms with van der Waals surface area (Å²) >= 11 is 0. The van der Waals surface area contributed by atoms with E-state index in [4.69, 9.17) is 5.11 Å². The molecular weight excluding hydrogens is 218 g/mol. The van der Waals surface area contributed by atoms with Crippen LogP contribution in [0.25, 0.3) is 0 Å². The first-order chi connectivity index (χ1) is 7.00. The average Bonchev–Trinajstić information content (AvgIpc) is 2.39. The van der Waals surface area contributed by atoms with Crippen LogP contribution in [0.4, 0.5) is 0 Å². The minimum atomic E-state index is -3.51. The molecule has 0 radical (unpaired) electrons. The lowest BCUT2D eigenvalue weighted by molar-refractivity contribution is -0.137. The minimum Gasteiger partial charge on any atom is -0.481 e. The lowest BCUT2D eigenvalue weighted by Crippen LogP contribution is -2.21. The first-order valence-electron chi connectivity index (χ1n) is 4.34. The number of carbonyl (C=O) groups is 1. The van der Waals surface area contributed by atoms with Crippen LogP contribution in [0.5, 0.6) is 0 Å². The van der Waals surface area contributed by atoms with Crippen LogP contribution in [0.1, 0.15) is 18.0 Å². The molecule has 5 nitrogen and oxygen atoms in total. The number of nitrogens with one attached hydrogen (secondary N) is 1. The SMILES string of the molecule is O=C(O)CC1NS(=O)(=O)c2ccccc21. The molecule has 0 saturated carbocycles. The summed E-state index contributed by atoms with van der Waals surface area (Å²) in [5.74, 6) is -1.03. The summed E-state index contributed by atoms with van der Waals surface area (Å²) in [4.78, 5) is 10.7. The predicted molar refractivity (Wildman–Crippen MR) is 51.8 cm³/mol. The molecule has 15 heavy (non-hydrogen) atoms. The zero-order valence-corrected chi connectivity index (χ0v) is 8.49. The fourth-order valence-electron chi connectivity index (χ4n) is 1.65. The van der Waals surface area contributed by atoms with Crippen LogP contribution in [0.2, 0.25) is 0 Å². The molecule has 0 fully saturated rings. The maximum Gasteiger partial charge on any atom is 0.305 e. The molecule has 1 aliphatic heterocycles. The topological polar surface area (TPSA) is 83.5 Å². The van der Waals surface area contributed by atoms with Crippen molar-refractivity contribution in [3.05, 3.63) is 29.8 Å². The Bertz CT molecular complexity index is 509. The molecule has 1 aromatic rings. The van der Waals surface area contributed by atoms with Crippen molar-refractivity contribution in [3.63, 3.8) is 0 Å². The van der Waals surface area contributed by atoms with Gasteiger partial charge in [0.05, 0.1) is 17.4 Å². The molecule has 0 saturated heterocycles. The number of rotatable bonds is 2. The molecule has 0 aliphatic carbocycles. The first kappa shape index (κ1) is 10.1. The average molecular weight is 227 g/mol. The Balaban J connectivity index is 2.47. The highest BCUT2D eigenvalue weighted by Crippen LogP contribution is 2.32. The minimum absolute atomic E-state index is 0.177. The van der Waals surface area contributed by atoms with E-state index in [1.807, 2.05) is 0 Å². The Labute approximate surface area is 86.8 Å². The van der Waals surface area contributed by atoms with Gasteiger partial charge in [-0.25, -0.2) is 13.1 Å². The van der Waals surface area contributed by atoms with E-state index in [9.17, 15) is 13.2 Å². The molecule has 2 rings (SSSR count). The van der Waals surface area contributed by atoms with Gasteiger partial charge in [-0.15, -0.1) is 0 Å². The molecule has 6 heteroatoms. The molecule has 1 aliphatic rings. The summed E-state index contributed by atoms with van der Waals surface area (Å²) < 4.78 is 25.4. The van der Waals surface area contributed by atoms with Crippen molar-refractivity contribution in [3.8, 4) is 0 Å². The van der Waals surface area contributed by atoms with Gasteiger partial charge in [0.2, 0.25) is 10.0 Å². The number of sulfonamides is 1. The number of benzene rings is 1. The Morgan fingerprint density at radius 3 is 2.73 bits per heavy atom. The second-order valence-electron chi connectivity index (χ2n) is 3.31. The van der Waals surface area contributed by atoms with Gasteiger partial charge in [-0.1, -0.05) is 18.2 Å². The molecule has 80 valence electrons. The Kier molecular flexibility index (Phi) is 2.24. The first-order valence-corrected chi connectivity index (χ1v) is 5.82. The van der Waals surface area contributed by atoms with Gasteiger partial charge in [-0.05, 0) is 11.6 Å². The number of aliphatic carboxylic acids is 1. The second-order valence-corrected chi connectivity index (χ2v) is 4.99. The normalized spacial score (nSPS) is 22.3. The third-order valence-corrected chi connectivity index (χ3v) is 3.81. The quantitative estimate of drug-likeness (QED) is 0.770. The van der Waals surface area contributed by atoms with Crippen LogP contribution in [0.3, 0.4) is 0 Å². The lowest BCUT2D eigenvalue weighted by Gasteiger charge is -2.05.